The molecule has 7 heavy (non-hydrogen) atoms. The Kier molecular flexibility index (Phi) is 3.38. The van der Waals surface area contributed by atoms with Crippen LogP contribution in [-0.4, -0.2) is 19.4 Å². The fourth-order valence-corrected chi connectivity index (χ4v) is 0.335. The number of nitrogens with one attached hydrogen (secondary N) is 1. The summed E-state index contributed by atoms with van der Waals surface area (Å²) in [5.74, 6) is 1.00. The fourth-order valence-electron chi connectivity index (χ4n) is 0.335. The van der Waals surface area contributed by atoms with Crippen LogP contribution in [0.1, 0.15) is 13.8 Å². The van der Waals surface area contributed by atoms with E-state index in [9.17, 15) is 0 Å². The van der Waals surface area contributed by atoms with Gasteiger partial charge in [0.2, 0.25) is 0 Å². The van der Waals surface area contributed by atoms with Gasteiger partial charge in [0, 0.05) is 13.6 Å². The minimum absolute atomic E-state index is 0.961. The van der Waals surface area contributed by atoms with Gasteiger partial charge in [-0.3, -0.25) is 4.99 Å². The van der Waals surface area contributed by atoms with Crippen molar-refractivity contribution in [3.05, 3.63) is 0 Å². The number of nitrogens with zero attached hydrogens (tertiary/aromatic N) is 1. The van der Waals surface area contributed by atoms with Gasteiger partial charge >= 0.3 is 0 Å². The maximum atomic E-state index is 3.88. The van der Waals surface area contributed by atoms with E-state index in [1.54, 1.807) is 7.05 Å². The Morgan fingerprint density at radius 3 is 2.43 bits per heavy atom. The zero-order valence-electron chi connectivity index (χ0n) is 5.15. The number of amidine groups is 1. The third-order valence-corrected chi connectivity index (χ3v) is 0.768. The molecule has 0 aromatic rings. The lowest BCUT2D eigenvalue weighted by molar-refractivity contribution is 0.956. The smallest absolute Gasteiger partial charge is 0.0928 e. The number of rotatable bonds is 1. The highest BCUT2D eigenvalue weighted by molar-refractivity contribution is 5.79. The fraction of sp³-hybridized carbons (Fsp3) is 0.800. The minimum Gasteiger partial charge on any atom is -0.374 e. The summed E-state index contributed by atoms with van der Waals surface area (Å²) >= 11 is 0. The van der Waals surface area contributed by atoms with Crippen LogP contribution in [0.3, 0.4) is 0 Å². The van der Waals surface area contributed by atoms with E-state index in [1.807, 2.05) is 6.92 Å². The monoisotopic (exact) mass is 100 g/mol. The lowest BCUT2D eigenvalue weighted by atomic mass is 10.6. The lowest BCUT2D eigenvalue weighted by Crippen LogP contribution is -2.18. The Bertz CT molecular complexity index is 66.5. The molecule has 0 spiro atoms. The van der Waals surface area contributed by atoms with Crippen molar-refractivity contribution in [2.45, 2.75) is 13.8 Å². The summed E-state index contributed by atoms with van der Waals surface area (Å²) in [7, 11) is 1.78. The van der Waals surface area contributed by atoms with Crippen LogP contribution in [0, 0.1) is 0 Å². The van der Waals surface area contributed by atoms with Gasteiger partial charge < -0.3 is 5.32 Å². The summed E-state index contributed by atoms with van der Waals surface area (Å²) in [6.45, 7) is 4.96. The molecule has 0 saturated heterocycles. The van der Waals surface area contributed by atoms with E-state index < -0.39 is 0 Å². The molecule has 0 aromatic heterocycles. The van der Waals surface area contributed by atoms with Gasteiger partial charge in [-0.25, -0.2) is 0 Å². The molecular weight excluding hydrogens is 88.1 g/mol. The van der Waals surface area contributed by atoms with Crippen molar-refractivity contribution < 1.29 is 0 Å². The van der Waals surface area contributed by atoms with Crippen LogP contribution in [0.15, 0.2) is 4.99 Å². The van der Waals surface area contributed by atoms with Gasteiger partial charge in [-0.05, 0) is 13.8 Å². The van der Waals surface area contributed by atoms with Crippen molar-refractivity contribution in [2.24, 2.45) is 4.99 Å². The Balaban J connectivity index is 3.17. The highest BCUT2D eigenvalue weighted by Gasteiger charge is 1.77. The van der Waals surface area contributed by atoms with Gasteiger partial charge in [-0.1, -0.05) is 0 Å². The van der Waals surface area contributed by atoms with Crippen LogP contribution >= 0.6 is 0 Å². The standard InChI is InChI=1S/C5H12N2/c1-4-7-5(2)6-3/h4H2,1-3H3,(H,6,7). The van der Waals surface area contributed by atoms with E-state index in [0.29, 0.717) is 0 Å². The van der Waals surface area contributed by atoms with E-state index in [0.717, 1.165) is 12.4 Å². The molecular formula is C5H12N2. The van der Waals surface area contributed by atoms with Crippen molar-refractivity contribution in [2.75, 3.05) is 13.6 Å². The van der Waals surface area contributed by atoms with Crippen LogP contribution in [0.4, 0.5) is 0 Å². The summed E-state index contributed by atoms with van der Waals surface area (Å²) in [5.41, 5.74) is 0. The van der Waals surface area contributed by atoms with E-state index in [2.05, 4.69) is 17.2 Å². The zero-order valence-corrected chi connectivity index (χ0v) is 5.15. The molecule has 0 amide bonds. The third kappa shape index (κ3) is 3.30. The lowest BCUT2D eigenvalue weighted by Gasteiger charge is -1.96. The van der Waals surface area contributed by atoms with Gasteiger partial charge in [0.05, 0.1) is 5.84 Å². The van der Waals surface area contributed by atoms with Crippen molar-refractivity contribution in [3.63, 3.8) is 0 Å². The van der Waals surface area contributed by atoms with E-state index >= 15 is 0 Å². The maximum absolute atomic E-state index is 3.88. The van der Waals surface area contributed by atoms with Crippen LogP contribution in [-0.2, 0) is 0 Å². The highest BCUT2D eigenvalue weighted by atomic mass is 15.0. The normalized spacial score (nSPS) is 11.6. The molecule has 0 fully saturated rings. The van der Waals surface area contributed by atoms with Crippen molar-refractivity contribution in [1.82, 2.24) is 5.32 Å². The Labute approximate surface area is 44.6 Å². The number of hydrogen-bond acceptors (Lipinski definition) is 1. The molecule has 1 N–H and O–H groups in total. The first-order valence-electron chi connectivity index (χ1n) is 2.48. The highest BCUT2D eigenvalue weighted by Crippen LogP contribution is 1.63. The van der Waals surface area contributed by atoms with Gasteiger partial charge in [0.25, 0.3) is 0 Å². The average Bonchev–Trinajstić information content (AvgIpc) is 1.68. The summed E-state index contributed by atoms with van der Waals surface area (Å²) in [5, 5.41) is 3.05. The molecule has 2 nitrogen and oxygen atoms in total. The van der Waals surface area contributed by atoms with Crippen molar-refractivity contribution >= 4 is 5.84 Å². The van der Waals surface area contributed by atoms with Crippen LogP contribution in [0.2, 0.25) is 0 Å². The Morgan fingerprint density at radius 1 is 1.71 bits per heavy atom. The van der Waals surface area contributed by atoms with Crippen molar-refractivity contribution in [3.8, 4) is 0 Å². The first-order valence-corrected chi connectivity index (χ1v) is 2.48. The number of hydrogen-bond donors (Lipinski definition) is 1. The molecule has 0 heterocycles. The van der Waals surface area contributed by atoms with E-state index in [1.165, 1.54) is 0 Å². The number of aliphatic imine (C=N–C) groups is 1. The molecule has 0 aliphatic carbocycles. The minimum atomic E-state index is 0.961. The van der Waals surface area contributed by atoms with E-state index in [-0.39, 0.29) is 0 Å². The molecule has 0 aliphatic rings. The summed E-state index contributed by atoms with van der Waals surface area (Å²) < 4.78 is 0. The zero-order chi connectivity index (χ0) is 5.70. The summed E-state index contributed by atoms with van der Waals surface area (Å²) in [6.07, 6.45) is 0. The molecule has 0 radical (unpaired) electrons. The molecule has 0 bridgehead atoms. The predicted octanol–water partition coefficient (Wildman–Crippen LogP) is 0.644. The molecule has 0 unspecified atom stereocenters. The first kappa shape index (κ1) is 6.47. The van der Waals surface area contributed by atoms with Crippen LogP contribution in [0.25, 0.3) is 0 Å². The molecule has 0 aliphatic heterocycles. The second-order valence-electron chi connectivity index (χ2n) is 1.34. The van der Waals surface area contributed by atoms with Gasteiger partial charge in [0.15, 0.2) is 0 Å². The Hall–Kier alpha value is -0.530. The predicted molar refractivity (Wildman–Crippen MR) is 32.7 cm³/mol. The molecule has 42 valence electrons. The maximum Gasteiger partial charge on any atom is 0.0928 e. The van der Waals surface area contributed by atoms with Crippen molar-refractivity contribution in [1.29, 1.82) is 0 Å². The summed E-state index contributed by atoms with van der Waals surface area (Å²) in [6, 6.07) is 0. The van der Waals surface area contributed by atoms with Crippen LogP contribution in [0.5, 0.6) is 0 Å². The third-order valence-electron chi connectivity index (χ3n) is 0.768. The topological polar surface area (TPSA) is 24.4 Å². The first-order chi connectivity index (χ1) is 3.31. The Morgan fingerprint density at radius 2 is 2.29 bits per heavy atom. The molecule has 0 saturated carbocycles. The van der Waals surface area contributed by atoms with Crippen LogP contribution < -0.4 is 5.32 Å². The van der Waals surface area contributed by atoms with Gasteiger partial charge in [0.1, 0.15) is 0 Å². The SMILES string of the molecule is CCNC(C)=NC. The molecule has 0 atom stereocenters. The quantitative estimate of drug-likeness (QED) is 0.379. The van der Waals surface area contributed by atoms with Gasteiger partial charge in [-0.2, -0.15) is 0 Å². The molecule has 0 aromatic carbocycles. The second kappa shape index (κ2) is 3.65. The largest absolute Gasteiger partial charge is 0.374 e. The summed E-state index contributed by atoms with van der Waals surface area (Å²) in [4.78, 5) is 3.88. The molecule has 2 heteroatoms. The second-order valence-corrected chi connectivity index (χ2v) is 1.34. The molecule has 0 rings (SSSR count). The average molecular weight is 100 g/mol. The van der Waals surface area contributed by atoms with E-state index in [4.69, 9.17) is 0 Å². The van der Waals surface area contributed by atoms with Gasteiger partial charge in [-0.15, -0.1) is 0 Å².